The van der Waals surface area contributed by atoms with E-state index in [0.29, 0.717) is 5.92 Å². The first-order valence-corrected chi connectivity index (χ1v) is 6.66. The van der Waals surface area contributed by atoms with Crippen molar-refractivity contribution in [3.8, 4) is 11.3 Å². The smallest absolute Gasteiger partial charge is 0.0678 e. The quantitative estimate of drug-likeness (QED) is 0.827. The standard InChI is InChI=1S/C15H17N3/c1-18-15(4-5-17-18)10-2-3-13-11-6-12(9-16-8-11)14(13)7-10/h2-5,7,11-12,16H,6,8-9H2,1H3. The van der Waals surface area contributed by atoms with E-state index in [1.54, 1.807) is 11.1 Å². The highest BCUT2D eigenvalue weighted by molar-refractivity contribution is 5.63. The van der Waals surface area contributed by atoms with Crippen molar-refractivity contribution in [2.24, 2.45) is 7.05 Å². The maximum atomic E-state index is 4.26. The average molecular weight is 239 g/mol. The van der Waals surface area contributed by atoms with Crippen LogP contribution in [-0.2, 0) is 7.05 Å². The molecule has 3 nitrogen and oxygen atoms in total. The fourth-order valence-corrected chi connectivity index (χ4v) is 3.53. The summed E-state index contributed by atoms with van der Waals surface area (Å²) in [6, 6.07) is 9.04. The predicted octanol–water partition coefficient (Wildman–Crippen LogP) is 2.26. The Balaban J connectivity index is 1.84. The van der Waals surface area contributed by atoms with Crippen LogP contribution in [0.1, 0.15) is 29.4 Å². The Morgan fingerprint density at radius 2 is 2.00 bits per heavy atom. The first-order chi connectivity index (χ1) is 8.83. The summed E-state index contributed by atoms with van der Waals surface area (Å²) in [5, 5.41) is 7.80. The number of piperidine rings is 1. The van der Waals surface area contributed by atoms with Crippen LogP contribution in [0.5, 0.6) is 0 Å². The molecule has 1 fully saturated rings. The lowest BCUT2D eigenvalue weighted by atomic mass is 9.97. The first kappa shape index (κ1) is 10.3. The lowest BCUT2D eigenvalue weighted by Crippen LogP contribution is -2.28. The third kappa shape index (κ3) is 1.37. The molecule has 1 aromatic carbocycles. The van der Waals surface area contributed by atoms with Crippen LogP contribution in [0.3, 0.4) is 0 Å². The molecule has 3 heteroatoms. The first-order valence-electron chi connectivity index (χ1n) is 6.66. The van der Waals surface area contributed by atoms with Crippen LogP contribution in [0.2, 0.25) is 0 Å². The summed E-state index contributed by atoms with van der Waals surface area (Å²) in [5.74, 6) is 1.45. The van der Waals surface area contributed by atoms with Gasteiger partial charge >= 0.3 is 0 Å². The molecule has 2 heterocycles. The maximum absolute atomic E-state index is 4.26. The SMILES string of the molecule is Cn1nccc1-c1ccc2c(c1)C1CNCC2C1. The summed E-state index contributed by atoms with van der Waals surface area (Å²) in [7, 11) is 2.00. The summed E-state index contributed by atoms with van der Waals surface area (Å²) in [6.07, 6.45) is 3.19. The number of aryl methyl sites for hydroxylation is 1. The van der Waals surface area contributed by atoms with Gasteiger partial charge in [0.15, 0.2) is 0 Å². The number of hydrogen-bond donors (Lipinski definition) is 1. The molecule has 18 heavy (non-hydrogen) atoms. The van der Waals surface area contributed by atoms with Gasteiger partial charge in [0.25, 0.3) is 0 Å². The zero-order valence-corrected chi connectivity index (χ0v) is 10.6. The van der Waals surface area contributed by atoms with Gasteiger partial charge in [-0.15, -0.1) is 0 Å². The molecule has 1 N–H and O–H groups in total. The summed E-state index contributed by atoms with van der Waals surface area (Å²) in [5.41, 5.74) is 5.62. The molecule has 1 aliphatic carbocycles. The number of fused-ring (bicyclic) bond motifs is 5. The van der Waals surface area contributed by atoms with Crippen LogP contribution in [0.25, 0.3) is 11.3 Å². The molecule has 92 valence electrons. The largest absolute Gasteiger partial charge is 0.316 e. The normalized spacial score (nSPS) is 25.2. The summed E-state index contributed by atoms with van der Waals surface area (Å²) >= 11 is 0. The fraction of sp³-hybridized carbons (Fsp3) is 0.400. The van der Waals surface area contributed by atoms with E-state index in [9.17, 15) is 0 Å². The van der Waals surface area contributed by atoms with Crippen molar-refractivity contribution >= 4 is 0 Å². The Bertz CT molecular complexity index is 600. The van der Waals surface area contributed by atoms with Gasteiger partial charge in [0, 0.05) is 31.9 Å². The highest BCUT2D eigenvalue weighted by Gasteiger charge is 2.34. The monoisotopic (exact) mass is 239 g/mol. The molecule has 1 saturated heterocycles. The van der Waals surface area contributed by atoms with Gasteiger partial charge < -0.3 is 5.32 Å². The van der Waals surface area contributed by atoms with Gasteiger partial charge in [0.2, 0.25) is 0 Å². The molecule has 4 rings (SSSR count). The van der Waals surface area contributed by atoms with E-state index in [0.717, 1.165) is 19.0 Å². The molecule has 0 saturated carbocycles. The molecular weight excluding hydrogens is 222 g/mol. The van der Waals surface area contributed by atoms with Gasteiger partial charge in [-0.05, 0) is 41.5 Å². The third-order valence-electron chi connectivity index (χ3n) is 4.43. The van der Waals surface area contributed by atoms with E-state index >= 15 is 0 Å². The molecule has 1 aromatic heterocycles. The predicted molar refractivity (Wildman–Crippen MR) is 71.6 cm³/mol. The van der Waals surface area contributed by atoms with E-state index in [-0.39, 0.29) is 0 Å². The summed E-state index contributed by atoms with van der Waals surface area (Å²) < 4.78 is 1.95. The van der Waals surface area contributed by atoms with Gasteiger partial charge in [-0.25, -0.2) is 0 Å². The molecular formula is C15H17N3. The van der Waals surface area contributed by atoms with Gasteiger partial charge in [-0.1, -0.05) is 12.1 Å². The third-order valence-corrected chi connectivity index (χ3v) is 4.43. The van der Waals surface area contributed by atoms with E-state index in [1.807, 2.05) is 17.9 Å². The zero-order valence-electron chi connectivity index (χ0n) is 10.6. The van der Waals surface area contributed by atoms with Crippen LogP contribution in [-0.4, -0.2) is 22.9 Å². The van der Waals surface area contributed by atoms with E-state index in [1.165, 1.54) is 17.7 Å². The number of benzene rings is 1. The van der Waals surface area contributed by atoms with Crippen LogP contribution >= 0.6 is 0 Å². The number of nitrogens with zero attached hydrogens (tertiary/aromatic N) is 2. The van der Waals surface area contributed by atoms with Gasteiger partial charge in [-0.3, -0.25) is 4.68 Å². The summed E-state index contributed by atoms with van der Waals surface area (Å²) in [4.78, 5) is 0. The Morgan fingerprint density at radius 3 is 2.78 bits per heavy atom. The lowest BCUT2D eigenvalue weighted by Gasteiger charge is -2.19. The zero-order chi connectivity index (χ0) is 12.1. The van der Waals surface area contributed by atoms with Crippen molar-refractivity contribution < 1.29 is 0 Å². The second kappa shape index (κ2) is 3.69. The van der Waals surface area contributed by atoms with Crippen LogP contribution < -0.4 is 5.32 Å². The van der Waals surface area contributed by atoms with Crippen LogP contribution in [0.4, 0.5) is 0 Å². The Hall–Kier alpha value is -1.61. The number of rotatable bonds is 1. The molecule has 0 radical (unpaired) electrons. The van der Waals surface area contributed by atoms with Gasteiger partial charge in [-0.2, -0.15) is 5.10 Å². The minimum Gasteiger partial charge on any atom is -0.316 e. The van der Waals surface area contributed by atoms with Crippen molar-refractivity contribution in [2.75, 3.05) is 13.1 Å². The maximum Gasteiger partial charge on any atom is 0.0678 e. The minimum atomic E-state index is 0.715. The topological polar surface area (TPSA) is 29.9 Å². The molecule has 2 unspecified atom stereocenters. The average Bonchev–Trinajstić information content (AvgIpc) is 2.93. The van der Waals surface area contributed by atoms with Gasteiger partial charge in [0.05, 0.1) is 5.69 Å². The van der Waals surface area contributed by atoms with E-state index < -0.39 is 0 Å². The molecule has 2 bridgehead atoms. The van der Waals surface area contributed by atoms with Crippen molar-refractivity contribution in [2.45, 2.75) is 18.3 Å². The second-order valence-corrected chi connectivity index (χ2v) is 5.47. The highest BCUT2D eigenvalue weighted by atomic mass is 15.3. The van der Waals surface area contributed by atoms with E-state index in [4.69, 9.17) is 0 Å². The van der Waals surface area contributed by atoms with E-state index in [2.05, 4.69) is 34.7 Å². The van der Waals surface area contributed by atoms with Gasteiger partial charge in [0.1, 0.15) is 0 Å². The summed E-state index contributed by atoms with van der Waals surface area (Å²) in [6.45, 7) is 2.28. The molecule has 2 aliphatic rings. The molecule has 0 amide bonds. The molecule has 2 atom stereocenters. The van der Waals surface area contributed by atoms with Crippen molar-refractivity contribution in [1.29, 1.82) is 0 Å². The van der Waals surface area contributed by atoms with Crippen LogP contribution in [0.15, 0.2) is 30.5 Å². The fourth-order valence-electron chi connectivity index (χ4n) is 3.53. The lowest BCUT2D eigenvalue weighted by molar-refractivity contribution is 0.454. The molecule has 1 aliphatic heterocycles. The van der Waals surface area contributed by atoms with Crippen molar-refractivity contribution in [1.82, 2.24) is 15.1 Å². The molecule has 0 spiro atoms. The second-order valence-electron chi connectivity index (χ2n) is 5.47. The van der Waals surface area contributed by atoms with Crippen molar-refractivity contribution in [3.05, 3.63) is 41.6 Å². The Morgan fingerprint density at radius 1 is 1.17 bits per heavy atom. The number of aromatic nitrogens is 2. The van der Waals surface area contributed by atoms with Crippen LogP contribution in [0, 0.1) is 0 Å². The van der Waals surface area contributed by atoms with Crippen molar-refractivity contribution in [3.63, 3.8) is 0 Å². The molecule has 2 aromatic rings. The Kier molecular flexibility index (Phi) is 2.12. The highest BCUT2D eigenvalue weighted by Crippen LogP contribution is 2.44. The Labute approximate surface area is 107 Å². The number of nitrogens with one attached hydrogen (secondary N) is 1. The minimum absolute atomic E-state index is 0.715. The number of hydrogen-bond acceptors (Lipinski definition) is 2.